The number of benzene rings is 4. The van der Waals surface area contributed by atoms with Crippen LogP contribution in [0.15, 0.2) is 48.5 Å². The normalized spacial score (nSPS) is 21.5. The van der Waals surface area contributed by atoms with E-state index in [1.54, 1.807) is 0 Å². The molecule has 2 bridgehead atoms. The highest BCUT2D eigenvalue weighted by Gasteiger charge is 2.59. The largest absolute Gasteiger partial charge is 0.349 e. The summed E-state index contributed by atoms with van der Waals surface area (Å²) in [6.07, 6.45) is 5.07. The van der Waals surface area contributed by atoms with E-state index in [-0.39, 0.29) is 39.9 Å². The first kappa shape index (κ1) is 40.8. The maximum atomic E-state index is 14.8. The molecule has 6 aliphatic rings. The number of hydrogen-bond donors (Lipinski definition) is 0. The van der Waals surface area contributed by atoms with Gasteiger partial charge in [-0.25, -0.2) is 4.90 Å². The molecule has 1 unspecified atom stereocenters. The summed E-state index contributed by atoms with van der Waals surface area (Å²) in [6.45, 7) is 28.6. The number of carbonyl (C=O) groups is 4. The van der Waals surface area contributed by atoms with Gasteiger partial charge in [0.2, 0.25) is 0 Å². The Morgan fingerprint density at radius 3 is 1.45 bits per heavy atom. The van der Waals surface area contributed by atoms with Gasteiger partial charge in [-0.3, -0.25) is 24.1 Å². The second-order valence-electron chi connectivity index (χ2n) is 21.6. The minimum atomic E-state index is -0.572. The average molecular weight is 831 g/mol. The molecule has 62 heavy (non-hydrogen) atoms. The smallest absolute Gasteiger partial charge is 0.266 e. The molecule has 4 amide bonds. The second kappa shape index (κ2) is 12.9. The quantitative estimate of drug-likeness (QED) is 0.173. The predicted octanol–water partition coefficient (Wildman–Crippen LogP) is 11.3. The summed E-state index contributed by atoms with van der Waals surface area (Å²) in [5, 5.41) is 0. The lowest BCUT2D eigenvalue weighted by Gasteiger charge is -2.47. The molecule has 1 atom stereocenters. The van der Waals surface area contributed by atoms with Crippen LogP contribution in [0.5, 0.6) is 0 Å². The van der Waals surface area contributed by atoms with Gasteiger partial charge in [0.05, 0.1) is 34.6 Å². The maximum Gasteiger partial charge on any atom is 0.266 e. The standard InChI is InChI=1S/C54H62N4O4/c1-13-52(11,14-2)34-17-30(5)44-32(19-34)25-55-29-56(44)26-33-20-35(18-31(6)45(33)55)57-46(59)36-21-40-42(23-37(36)47(57)60)54(27-50(40,7)8)28-51(9,10)41-22-38-39(24-43(41)54)49(62)58(48(38)61)53(12,15-3)16-4/h17-24H,13-16,25-29H2,1-12H3. The number of carbonyl (C=O) groups excluding carboxylic acids is 4. The zero-order valence-corrected chi connectivity index (χ0v) is 38.9. The number of hydrogen-bond acceptors (Lipinski definition) is 6. The van der Waals surface area contributed by atoms with Gasteiger partial charge in [0, 0.05) is 35.4 Å². The lowest BCUT2D eigenvalue weighted by molar-refractivity contribution is 0.0434. The Bertz CT molecular complexity index is 2730. The van der Waals surface area contributed by atoms with Crippen molar-refractivity contribution in [2.45, 2.75) is 162 Å². The Balaban J connectivity index is 1.03. The van der Waals surface area contributed by atoms with Crippen LogP contribution in [0.2, 0.25) is 0 Å². The fraction of sp³-hybridized carbons (Fsp3) is 0.481. The average Bonchev–Trinajstić information content (AvgIpc) is 3.81. The molecule has 0 aromatic heterocycles. The summed E-state index contributed by atoms with van der Waals surface area (Å²) >= 11 is 0. The predicted molar refractivity (Wildman–Crippen MR) is 247 cm³/mol. The molecule has 4 aromatic carbocycles. The fourth-order valence-electron chi connectivity index (χ4n) is 13.0. The maximum absolute atomic E-state index is 14.8. The van der Waals surface area contributed by atoms with Crippen molar-refractivity contribution in [3.05, 3.63) is 121 Å². The molecule has 4 aliphatic heterocycles. The van der Waals surface area contributed by atoms with Crippen LogP contribution in [0.25, 0.3) is 0 Å². The van der Waals surface area contributed by atoms with Crippen LogP contribution in [-0.4, -0.2) is 40.7 Å². The summed E-state index contributed by atoms with van der Waals surface area (Å²) in [5.74, 6) is -1.01. The summed E-state index contributed by atoms with van der Waals surface area (Å²) in [6, 6.07) is 17.0. The summed E-state index contributed by atoms with van der Waals surface area (Å²) in [5.41, 5.74) is 13.9. The van der Waals surface area contributed by atoms with E-state index in [1.807, 2.05) is 51.1 Å². The Labute approximate surface area is 367 Å². The molecule has 0 saturated heterocycles. The molecule has 0 fully saturated rings. The van der Waals surface area contributed by atoms with Gasteiger partial charge < -0.3 is 9.80 Å². The molecule has 1 spiro atoms. The molecule has 4 heterocycles. The number of imide groups is 2. The van der Waals surface area contributed by atoms with E-state index >= 15 is 0 Å². The van der Waals surface area contributed by atoms with Gasteiger partial charge in [0.15, 0.2) is 0 Å². The molecule has 322 valence electrons. The van der Waals surface area contributed by atoms with E-state index in [4.69, 9.17) is 0 Å². The molecular weight excluding hydrogens is 769 g/mol. The Morgan fingerprint density at radius 1 is 0.548 bits per heavy atom. The van der Waals surface area contributed by atoms with E-state index in [0.717, 1.165) is 72.3 Å². The number of fused-ring (bicyclic) bond motifs is 12. The molecule has 2 aliphatic carbocycles. The van der Waals surface area contributed by atoms with E-state index in [2.05, 4.69) is 90.3 Å². The first-order valence-corrected chi connectivity index (χ1v) is 23.1. The topological polar surface area (TPSA) is 81.2 Å². The third kappa shape index (κ3) is 5.18. The Kier molecular flexibility index (Phi) is 8.50. The Morgan fingerprint density at radius 2 is 0.984 bits per heavy atom. The number of anilines is 3. The second-order valence-corrected chi connectivity index (χ2v) is 21.6. The summed E-state index contributed by atoms with van der Waals surface area (Å²) in [4.78, 5) is 65.5. The van der Waals surface area contributed by atoms with Crippen LogP contribution in [0, 0.1) is 13.8 Å². The molecule has 0 radical (unpaired) electrons. The van der Waals surface area contributed by atoms with Gasteiger partial charge in [-0.2, -0.15) is 0 Å². The van der Waals surface area contributed by atoms with Crippen molar-refractivity contribution in [3.8, 4) is 0 Å². The van der Waals surface area contributed by atoms with Crippen molar-refractivity contribution in [2.24, 2.45) is 0 Å². The van der Waals surface area contributed by atoms with Crippen LogP contribution in [0.3, 0.4) is 0 Å². The van der Waals surface area contributed by atoms with Crippen molar-refractivity contribution in [1.29, 1.82) is 0 Å². The zero-order chi connectivity index (χ0) is 44.4. The first-order valence-electron chi connectivity index (χ1n) is 23.1. The highest BCUT2D eigenvalue weighted by atomic mass is 16.2. The highest BCUT2D eigenvalue weighted by Crippen LogP contribution is 2.64. The van der Waals surface area contributed by atoms with Crippen molar-refractivity contribution < 1.29 is 19.2 Å². The lowest BCUT2D eigenvalue weighted by Crippen LogP contribution is -2.48. The monoisotopic (exact) mass is 830 g/mol. The summed E-state index contributed by atoms with van der Waals surface area (Å²) in [7, 11) is 0. The van der Waals surface area contributed by atoms with Crippen molar-refractivity contribution >= 4 is 40.7 Å². The SMILES string of the molecule is CCC(C)(CC)c1cc(C)c2c(c1)CN1CN2Cc2cc(N3C(=O)c4cc5c(cc4C3=O)C3(CC5(C)C)CC(C)(C)c4cc5c(cc43)C(=O)N(C(C)(CC)CC)C5=O)cc(C)c21. The minimum absolute atomic E-state index is 0.136. The van der Waals surface area contributed by atoms with Crippen LogP contribution < -0.4 is 14.7 Å². The van der Waals surface area contributed by atoms with Gasteiger partial charge in [-0.1, -0.05) is 74.4 Å². The number of rotatable bonds is 7. The number of amides is 4. The fourth-order valence-corrected chi connectivity index (χ4v) is 13.0. The third-order valence-electron chi connectivity index (χ3n) is 17.0. The molecule has 4 aromatic rings. The molecule has 0 N–H and O–H groups in total. The van der Waals surface area contributed by atoms with Crippen molar-refractivity contribution in [1.82, 2.24) is 4.90 Å². The van der Waals surface area contributed by atoms with E-state index < -0.39 is 11.0 Å². The van der Waals surface area contributed by atoms with Gasteiger partial charge in [0.1, 0.15) is 0 Å². The first-order chi connectivity index (χ1) is 29.2. The molecule has 8 nitrogen and oxygen atoms in total. The molecular formula is C54H62N4O4. The Hall–Kier alpha value is -5.24. The van der Waals surface area contributed by atoms with Gasteiger partial charge in [-0.15, -0.1) is 0 Å². The zero-order valence-electron chi connectivity index (χ0n) is 38.9. The van der Waals surface area contributed by atoms with Crippen molar-refractivity contribution in [2.75, 3.05) is 21.4 Å². The number of aryl methyl sites for hydroxylation is 2. The number of nitrogens with zero attached hydrogens (tertiary/aromatic N) is 4. The van der Waals surface area contributed by atoms with Crippen LogP contribution in [0.1, 0.15) is 199 Å². The third-order valence-corrected chi connectivity index (χ3v) is 17.0. The molecule has 0 saturated carbocycles. The van der Waals surface area contributed by atoms with Crippen molar-refractivity contribution in [3.63, 3.8) is 0 Å². The van der Waals surface area contributed by atoms with Gasteiger partial charge in [-0.05, 0) is 162 Å². The van der Waals surface area contributed by atoms with E-state index in [0.29, 0.717) is 47.3 Å². The molecule has 10 rings (SSSR count). The highest BCUT2D eigenvalue weighted by molar-refractivity contribution is 6.34. The van der Waals surface area contributed by atoms with Gasteiger partial charge in [0.25, 0.3) is 23.6 Å². The van der Waals surface area contributed by atoms with Gasteiger partial charge >= 0.3 is 0 Å². The van der Waals surface area contributed by atoms with Crippen LogP contribution in [-0.2, 0) is 34.7 Å². The van der Waals surface area contributed by atoms with Crippen LogP contribution >= 0.6 is 0 Å². The van der Waals surface area contributed by atoms with Crippen LogP contribution in [0.4, 0.5) is 17.1 Å². The lowest BCUT2D eigenvalue weighted by atomic mass is 9.72. The van der Waals surface area contributed by atoms with E-state index in [9.17, 15) is 19.2 Å². The minimum Gasteiger partial charge on any atom is -0.349 e. The van der Waals surface area contributed by atoms with E-state index in [1.165, 1.54) is 37.9 Å². The molecule has 8 heteroatoms. The summed E-state index contributed by atoms with van der Waals surface area (Å²) < 4.78 is 0.